The Morgan fingerprint density at radius 3 is 1.64 bits per heavy atom. The number of anilines is 8. The van der Waals surface area contributed by atoms with Crippen molar-refractivity contribution in [2.24, 2.45) is 0 Å². The fourth-order valence-electron chi connectivity index (χ4n) is 18.3. The predicted molar refractivity (Wildman–Crippen MR) is 346 cm³/mol. The van der Waals surface area contributed by atoms with E-state index in [9.17, 15) is 0 Å². The Morgan fingerprint density at radius 1 is 0.407 bits per heavy atom. The van der Waals surface area contributed by atoms with Gasteiger partial charge in [0.2, 0.25) is 0 Å². The Hall–Kier alpha value is -6.78. The molecule has 0 amide bonds. The molecule has 2 atom stereocenters. The summed E-state index contributed by atoms with van der Waals surface area (Å²) in [6, 6.07) is 59.1. The first kappa shape index (κ1) is 51.1. The lowest BCUT2D eigenvalue weighted by Gasteiger charge is -2.51. The van der Waals surface area contributed by atoms with Crippen molar-refractivity contribution in [3.63, 3.8) is 0 Å². The van der Waals surface area contributed by atoms with E-state index in [4.69, 9.17) is 0 Å². The van der Waals surface area contributed by atoms with Crippen LogP contribution in [0.3, 0.4) is 0 Å². The lowest BCUT2D eigenvalue weighted by Crippen LogP contribution is -2.62. The third-order valence-electron chi connectivity index (χ3n) is 22.6. The number of benzene rings is 8. The summed E-state index contributed by atoms with van der Waals surface area (Å²) in [6.07, 6.45) is 5.97. The van der Waals surface area contributed by atoms with E-state index in [1.54, 1.807) is 0 Å². The van der Waals surface area contributed by atoms with E-state index in [1.807, 2.05) is 0 Å². The number of nitrogens with zero attached hydrogens (tertiary/aromatic N) is 3. The highest BCUT2D eigenvalue weighted by atomic mass is 15.3. The van der Waals surface area contributed by atoms with Gasteiger partial charge in [-0.2, -0.15) is 0 Å². The van der Waals surface area contributed by atoms with Crippen molar-refractivity contribution in [1.29, 1.82) is 0 Å². The lowest BCUT2D eigenvalue weighted by atomic mass is 9.33. The molecule has 8 aromatic carbocycles. The predicted octanol–water partition coefficient (Wildman–Crippen LogP) is 18.3. The lowest BCUT2D eigenvalue weighted by molar-refractivity contribution is 0.195. The van der Waals surface area contributed by atoms with Crippen LogP contribution in [0.25, 0.3) is 11.1 Å². The highest BCUT2D eigenvalue weighted by Crippen LogP contribution is 2.63. The summed E-state index contributed by atoms with van der Waals surface area (Å²) in [5, 5.41) is 0. The maximum Gasteiger partial charge on any atom is 0.252 e. The Labute approximate surface area is 484 Å². The first-order chi connectivity index (χ1) is 38.2. The summed E-state index contributed by atoms with van der Waals surface area (Å²) in [4.78, 5) is 8.24. The minimum atomic E-state index is -0.221. The maximum absolute atomic E-state index is 2.82. The average Bonchev–Trinajstić information content (AvgIpc) is 2.74. The number of aryl methyl sites for hydroxylation is 1. The molecular formula is C77H82BN3. The van der Waals surface area contributed by atoms with Gasteiger partial charge in [0.15, 0.2) is 0 Å². The van der Waals surface area contributed by atoms with Gasteiger partial charge in [-0.15, -0.1) is 0 Å². The Morgan fingerprint density at radius 2 is 0.963 bits per heavy atom. The second-order valence-electron chi connectivity index (χ2n) is 30.5. The van der Waals surface area contributed by atoms with E-state index in [-0.39, 0.29) is 50.2 Å². The van der Waals surface area contributed by atoms with Crippen LogP contribution in [0.1, 0.15) is 197 Å². The van der Waals surface area contributed by atoms with Gasteiger partial charge in [0, 0.05) is 67.2 Å². The van der Waals surface area contributed by atoms with Gasteiger partial charge in [0.25, 0.3) is 6.71 Å². The summed E-state index contributed by atoms with van der Waals surface area (Å²) in [5.41, 5.74) is 32.3. The summed E-state index contributed by atoms with van der Waals surface area (Å²) in [6.45, 7) is 39.2. The van der Waals surface area contributed by atoms with Crippen LogP contribution in [0, 0.1) is 6.92 Å². The zero-order valence-electron chi connectivity index (χ0n) is 51.3. The van der Waals surface area contributed by atoms with Gasteiger partial charge in [-0.1, -0.05) is 195 Å². The SMILES string of the molecule is Cc1cc2c3c(c1)N(c1ccc4c(c1)C(C)(C)CC4(C)C)c1cc4c(cc1B3c1ccc(N3c5ccc(C(C)(C)C)cc5C5(C)CCCCC35C)cc1N2c1ccc2c(c1)C(C)(C)c1ccccc1-2)C(C)(C)c1ccccc1C4(C)C. The van der Waals surface area contributed by atoms with E-state index in [0.29, 0.717) is 0 Å². The summed E-state index contributed by atoms with van der Waals surface area (Å²) in [5.74, 6) is 0. The maximum atomic E-state index is 2.82. The highest BCUT2D eigenvalue weighted by Gasteiger charge is 2.58. The van der Waals surface area contributed by atoms with Crippen LogP contribution in [0.15, 0.2) is 146 Å². The zero-order chi connectivity index (χ0) is 56.7. The van der Waals surface area contributed by atoms with Crippen LogP contribution < -0.4 is 31.1 Å². The van der Waals surface area contributed by atoms with Crippen molar-refractivity contribution in [2.75, 3.05) is 14.7 Å². The van der Waals surface area contributed by atoms with Gasteiger partial charge in [-0.05, 0) is 199 Å². The molecule has 0 N–H and O–H groups in total. The van der Waals surface area contributed by atoms with E-state index in [2.05, 4.69) is 271 Å². The Bertz CT molecular complexity index is 4080. The first-order valence-corrected chi connectivity index (χ1v) is 30.7. The molecule has 4 aliphatic carbocycles. The topological polar surface area (TPSA) is 9.72 Å². The molecule has 15 rings (SSSR count). The van der Waals surface area contributed by atoms with E-state index in [0.717, 1.165) is 12.8 Å². The molecule has 0 radical (unpaired) electrons. The third kappa shape index (κ3) is 6.60. The molecule has 3 aliphatic heterocycles. The molecule has 1 saturated carbocycles. The minimum absolute atomic E-state index is 0.00318. The smallest absolute Gasteiger partial charge is 0.252 e. The van der Waals surface area contributed by atoms with Gasteiger partial charge in [-0.25, -0.2) is 0 Å². The van der Waals surface area contributed by atoms with Crippen LogP contribution >= 0.6 is 0 Å². The van der Waals surface area contributed by atoms with Gasteiger partial charge < -0.3 is 14.7 Å². The fraction of sp³-hybridized carbons (Fsp3) is 0.377. The summed E-state index contributed by atoms with van der Waals surface area (Å²) in [7, 11) is 0. The quantitative estimate of drug-likeness (QED) is 0.163. The number of fused-ring (bicyclic) bond motifs is 13. The molecular weight excluding hydrogens is 978 g/mol. The van der Waals surface area contributed by atoms with Gasteiger partial charge >= 0.3 is 0 Å². The molecule has 3 heterocycles. The van der Waals surface area contributed by atoms with Crippen LogP contribution in [0.4, 0.5) is 45.5 Å². The van der Waals surface area contributed by atoms with Crippen molar-refractivity contribution >= 4 is 68.6 Å². The van der Waals surface area contributed by atoms with Crippen molar-refractivity contribution in [3.8, 4) is 11.1 Å². The molecule has 8 aromatic rings. The molecule has 4 heteroatoms. The van der Waals surface area contributed by atoms with Crippen molar-refractivity contribution < 1.29 is 0 Å². The summed E-state index contributed by atoms with van der Waals surface area (Å²) < 4.78 is 0. The second kappa shape index (κ2) is 16.1. The largest absolute Gasteiger partial charge is 0.334 e. The first-order valence-electron chi connectivity index (χ1n) is 30.7. The highest BCUT2D eigenvalue weighted by molar-refractivity contribution is 7.00. The molecule has 81 heavy (non-hydrogen) atoms. The standard InChI is InChI=1S/C77H82BN3/c1-46-37-67-69-68(38-46)80(49-29-32-54-58(41-49)72(7,8)45-71(54,5)6)66-44-60-59(74(11,12)55-25-19-20-26-56(55)75(60,13)14)43-63(66)78(69)62-33-30-50(81-64-34-27-47(70(2,3)4)39-61(64)76(15)35-21-22-36-77(76,81)16)42-65(62)79(67)48-28-31-52-51-23-17-18-24-53(51)73(9,10)57(52)40-48/h17-20,23-34,37-44H,21-22,35-36,45H2,1-16H3. The van der Waals surface area contributed by atoms with E-state index < -0.39 is 0 Å². The Balaban J connectivity index is 1.03. The van der Waals surface area contributed by atoms with Crippen LogP contribution in [-0.4, -0.2) is 12.3 Å². The normalized spacial score (nSPS) is 22.8. The van der Waals surface area contributed by atoms with Crippen LogP contribution in [0.2, 0.25) is 0 Å². The van der Waals surface area contributed by atoms with Crippen molar-refractivity contribution in [2.45, 2.75) is 186 Å². The minimum Gasteiger partial charge on any atom is -0.334 e. The molecule has 408 valence electrons. The molecule has 0 aromatic heterocycles. The monoisotopic (exact) mass is 1060 g/mol. The zero-order valence-corrected chi connectivity index (χ0v) is 51.3. The molecule has 0 saturated heterocycles. The van der Waals surface area contributed by atoms with Crippen molar-refractivity contribution in [3.05, 3.63) is 207 Å². The van der Waals surface area contributed by atoms with Gasteiger partial charge in [0.1, 0.15) is 0 Å². The number of rotatable bonds is 3. The van der Waals surface area contributed by atoms with Gasteiger partial charge in [0.05, 0.1) is 5.54 Å². The second-order valence-corrected chi connectivity index (χ2v) is 30.5. The van der Waals surface area contributed by atoms with E-state index >= 15 is 0 Å². The molecule has 2 unspecified atom stereocenters. The number of hydrogen-bond acceptors (Lipinski definition) is 3. The van der Waals surface area contributed by atoms with Gasteiger partial charge in [-0.3, -0.25) is 0 Å². The fourth-order valence-corrected chi connectivity index (χ4v) is 18.3. The summed E-state index contributed by atoms with van der Waals surface area (Å²) >= 11 is 0. The molecule has 0 bridgehead atoms. The third-order valence-corrected chi connectivity index (χ3v) is 22.6. The van der Waals surface area contributed by atoms with E-state index in [1.165, 1.54) is 153 Å². The molecule has 0 spiro atoms. The molecule has 3 nitrogen and oxygen atoms in total. The number of hydrogen-bond donors (Lipinski definition) is 0. The van der Waals surface area contributed by atoms with Crippen LogP contribution in [0.5, 0.6) is 0 Å². The van der Waals surface area contributed by atoms with Crippen LogP contribution in [-0.2, 0) is 37.9 Å². The van der Waals surface area contributed by atoms with Crippen molar-refractivity contribution in [1.82, 2.24) is 0 Å². The molecule has 1 fully saturated rings. The average molecular weight is 1060 g/mol. The Kier molecular flexibility index (Phi) is 10.1. The molecule has 7 aliphatic rings.